The van der Waals surface area contributed by atoms with Gasteiger partial charge in [0.1, 0.15) is 16.1 Å². The molecule has 0 bridgehead atoms. The summed E-state index contributed by atoms with van der Waals surface area (Å²) in [5.41, 5.74) is 0.771. The molecule has 2 atom stereocenters. The van der Waals surface area contributed by atoms with Crippen molar-refractivity contribution in [3.05, 3.63) is 114 Å². The maximum atomic E-state index is 11.5. The zero-order valence-corrected chi connectivity index (χ0v) is 17.8. The maximum absolute atomic E-state index is 11.5. The fourth-order valence-electron chi connectivity index (χ4n) is 3.73. The number of para-hydroxylation sites is 1. The van der Waals surface area contributed by atoms with Crippen molar-refractivity contribution in [2.45, 2.75) is 12.1 Å². The normalized spacial score (nSPS) is 13.1. The van der Waals surface area contributed by atoms with E-state index in [2.05, 4.69) is 0 Å². The van der Waals surface area contributed by atoms with Crippen LogP contribution in [0.3, 0.4) is 0 Å². The lowest BCUT2D eigenvalue weighted by Gasteiger charge is -2.26. The smallest absolute Gasteiger partial charge is 0.288 e. The van der Waals surface area contributed by atoms with Crippen molar-refractivity contribution in [1.29, 1.82) is 0 Å². The summed E-state index contributed by atoms with van der Waals surface area (Å²) >= 11 is 11.9. The second-order valence-electron chi connectivity index (χ2n) is 7.11. The Kier molecular flexibility index (Phi) is 5.84. The summed E-state index contributed by atoms with van der Waals surface area (Å²) in [6.07, 6.45) is 0.464. The predicted octanol–water partition coefficient (Wildman–Crippen LogP) is 6.09. The Balaban J connectivity index is 1.93. The summed E-state index contributed by atoms with van der Waals surface area (Å²) in [5.74, 6) is 0. The Hall–Kier alpha value is -3.46. The van der Waals surface area contributed by atoms with E-state index in [1.54, 1.807) is 16.8 Å². The van der Waals surface area contributed by atoms with E-state index in [0.29, 0.717) is 5.56 Å². The summed E-state index contributed by atoms with van der Waals surface area (Å²) in [5, 5.41) is 35.0. The highest BCUT2D eigenvalue weighted by molar-refractivity contribution is 6.33. The lowest BCUT2D eigenvalue weighted by atomic mass is 9.94. The van der Waals surface area contributed by atoms with Gasteiger partial charge < -0.3 is 9.67 Å². The van der Waals surface area contributed by atoms with Gasteiger partial charge in [0.2, 0.25) is 0 Å². The minimum Gasteiger partial charge on any atom is -0.386 e. The first-order chi connectivity index (χ1) is 15.3. The molecule has 1 aromatic heterocycles. The molecule has 4 rings (SSSR count). The average Bonchev–Trinajstić information content (AvgIpc) is 3.18. The molecule has 4 aromatic rings. The number of fused-ring (bicyclic) bond motifs is 1. The third-order valence-electron chi connectivity index (χ3n) is 5.25. The second kappa shape index (κ2) is 8.58. The first kappa shape index (κ1) is 21.8. The minimum absolute atomic E-state index is 0.0357. The van der Waals surface area contributed by atoms with E-state index >= 15 is 0 Å². The number of nitro benzene ring substituents is 2. The van der Waals surface area contributed by atoms with Gasteiger partial charge in [-0.05, 0) is 40.8 Å². The van der Waals surface area contributed by atoms with Crippen molar-refractivity contribution in [2.24, 2.45) is 0 Å². The van der Waals surface area contributed by atoms with Crippen LogP contribution in [0.4, 0.5) is 11.4 Å². The molecule has 1 N–H and O–H groups in total. The number of rotatable bonds is 6. The minimum atomic E-state index is -1.29. The molecule has 0 aliphatic heterocycles. The topological polar surface area (TPSA) is 111 Å². The first-order valence-electron chi connectivity index (χ1n) is 9.39. The van der Waals surface area contributed by atoms with Crippen LogP contribution >= 0.6 is 23.2 Å². The summed E-state index contributed by atoms with van der Waals surface area (Å²) < 4.78 is 1.77. The molecule has 3 aromatic carbocycles. The zero-order chi connectivity index (χ0) is 23.0. The van der Waals surface area contributed by atoms with Gasteiger partial charge in [-0.3, -0.25) is 20.2 Å². The summed E-state index contributed by atoms with van der Waals surface area (Å²) in [6, 6.07) is 16.8. The molecule has 162 valence electrons. The van der Waals surface area contributed by atoms with Crippen LogP contribution in [0.25, 0.3) is 10.9 Å². The van der Waals surface area contributed by atoms with Crippen molar-refractivity contribution in [3.63, 3.8) is 0 Å². The molecule has 0 radical (unpaired) electrons. The van der Waals surface area contributed by atoms with Gasteiger partial charge in [0.05, 0.1) is 15.9 Å². The zero-order valence-electron chi connectivity index (χ0n) is 16.3. The Morgan fingerprint density at radius 1 is 0.812 bits per heavy atom. The van der Waals surface area contributed by atoms with Gasteiger partial charge in [-0.15, -0.1) is 0 Å². The van der Waals surface area contributed by atoms with Crippen molar-refractivity contribution in [1.82, 2.24) is 4.57 Å². The Morgan fingerprint density at radius 3 is 2.00 bits per heavy atom. The molecule has 10 heteroatoms. The van der Waals surface area contributed by atoms with Crippen LogP contribution in [0.1, 0.15) is 23.3 Å². The molecule has 2 unspecified atom stereocenters. The summed E-state index contributed by atoms with van der Waals surface area (Å²) in [6.45, 7) is 0. The molecule has 0 fully saturated rings. The van der Waals surface area contributed by atoms with E-state index < -0.39 is 22.0 Å². The molecular weight excluding hydrogens is 457 g/mol. The van der Waals surface area contributed by atoms with Crippen molar-refractivity contribution in [3.8, 4) is 0 Å². The van der Waals surface area contributed by atoms with Gasteiger partial charge in [0.25, 0.3) is 11.4 Å². The van der Waals surface area contributed by atoms with Crippen LogP contribution in [0.15, 0.2) is 72.9 Å². The highest BCUT2D eigenvalue weighted by Gasteiger charge is 2.29. The molecule has 8 nitrogen and oxygen atoms in total. The van der Waals surface area contributed by atoms with Crippen LogP contribution in [0.2, 0.25) is 10.0 Å². The Bertz CT molecular complexity index is 1350. The molecule has 0 amide bonds. The third-order valence-corrected chi connectivity index (χ3v) is 5.88. The average molecular weight is 472 g/mol. The molecule has 1 heterocycles. The van der Waals surface area contributed by atoms with E-state index in [-0.39, 0.29) is 27.0 Å². The number of aromatic nitrogens is 1. The van der Waals surface area contributed by atoms with Gasteiger partial charge in [-0.1, -0.05) is 53.5 Å². The number of hydrogen-bond donors (Lipinski definition) is 1. The standard InChI is InChI=1S/C22H15Cl2N3O5/c23-16-7-5-14(11-19(16)26(29)30)21(25-10-9-13-3-1-2-4-18(13)25)22(28)15-6-8-17(24)20(12-15)27(31)32/h1-12,21-22,28H. The SMILES string of the molecule is O=[N+]([O-])c1cc(C(O)C(c2ccc(Cl)c([N+](=O)[O-])c2)n2ccc3ccccc32)ccc1Cl. The predicted molar refractivity (Wildman–Crippen MR) is 121 cm³/mol. The van der Waals surface area contributed by atoms with Gasteiger partial charge >= 0.3 is 0 Å². The molecular formula is C22H15Cl2N3O5. The van der Waals surface area contributed by atoms with Crippen LogP contribution in [-0.4, -0.2) is 19.5 Å². The monoisotopic (exact) mass is 471 g/mol. The molecule has 0 saturated heterocycles. The van der Waals surface area contributed by atoms with Crippen LogP contribution in [0.5, 0.6) is 0 Å². The maximum Gasteiger partial charge on any atom is 0.288 e. The number of benzene rings is 3. The first-order valence-corrected chi connectivity index (χ1v) is 10.1. The fraction of sp³-hybridized carbons (Fsp3) is 0.0909. The lowest BCUT2D eigenvalue weighted by Crippen LogP contribution is -2.19. The molecule has 0 aliphatic carbocycles. The van der Waals surface area contributed by atoms with Gasteiger partial charge in [-0.2, -0.15) is 0 Å². The van der Waals surface area contributed by atoms with Gasteiger partial charge in [0, 0.05) is 23.8 Å². The highest BCUT2D eigenvalue weighted by Crippen LogP contribution is 2.39. The van der Waals surface area contributed by atoms with Crippen LogP contribution in [-0.2, 0) is 0 Å². The number of aliphatic hydroxyl groups excluding tert-OH is 1. The van der Waals surface area contributed by atoms with Crippen molar-refractivity contribution < 1.29 is 15.0 Å². The number of aliphatic hydroxyl groups is 1. The Labute approximate surface area is 191 Å². The molecule has 32 heavy (non-hydrogen) atoms. The third kappa shape index (κ3) is 3.91. The lowest BCUT2D eigenvalue weighted by molar-refractivity contribution is -0.385. The number of nitrogens with zero attached hydrogens (tertiary/aromatic N) is 3. The molecule has 0 aliphatic rings. The van der Waals surface area contributed by atoms with Crippen LogP contribution < -0.4 is 0 Å². The summed E-state index contributed by atoms with van der Waals surface area (Å²) in [4.78, 5) is 21.6. The second-order valence-corrected chi connectivity index (χ2v) is 7.92. The highest BCUT2D eigenvalue weighted by atomic mass is 35.5. The number of halogens is 2. The number of nitro groups is 2. The Morgan fingerprint density at radius 2 is 1.38 bits per heavy atom. The largest absolute Gasteiger partial charge is 0.386 e. The number of hydrogen-bond acceptors (Lipinski definition) is 5. The summed E-state index contributed by atoms with van der Waals surface area (Å²) in [7, 11) is 0. The van der Waals surface area contributed by atoms with Crippen LogP contribution in [0, 0.1) is 20.2 Å². The van der Waals surface area contributed by atoms with Gasteiger partial charge in [0.15, 0.2) is 0 Å². The van der Waals surface area contributed by atoms with E-state index in [4.69, 9.17) is 23.2 Å². The van der Waals surface area contributed by atoms with E-state index in [9.17, 15) is 25.3 Å². The molecule has 0 spiro atoms. The van der Waals surface area contributed by atoms with E-state index in [1.807, 2.05) is 30.3 Å². The van der Waals surface area contributed by atoms with Crippen molar-refractivity contribution in [2.75, 3.05) is 0 Å². The van der Waals surface area contributed by atoms with Gasteiger partial charge in [-0.25, -0.2) is 0 Å². The van der Waals surface area contributed by atoms with E-state index in [1.165, 1.54) is 30.3 Å². The van der Waals surface area contributed by atoms with Crippen molar-refractivity contribution >= 4 is 45.5 Å². The fourth-order valence-corrected chi connectivity index (χ4v) is 4.10. The molecule has 0 saturated carbocycles. The quantitative estimate of drug-likeness (QED) is 0.270. The van der Waals surface area contributed by atoms with E-state index in [0.717, 1.165) is 10.9 Å².